The number of hydrogen-bond acceptors (Lipinski definition) is 8. The van der Waals surface area contributed by atoms with Crippen LogP contribution in [0.15, 0.2) is 44.3 Å². The zero-order chi connectivity index (χ0) is 21.4. The van der Waals surface area contributed by atoms with Crippen LogP contribution in [0, 0.1) is 6.92 Å². The van der Waals surface area contributed by atoms with Gasteiger partial charge in [0, 0.05) is 4.47 Å². The van der Waals surface area contributed by atoms with Gasteiger partial charge in [-0.2, -0.15) is 4.80 Å². The summed E-state index contributed by atoms with van der Waals surface area (Å²) in [5.74, 6) is -0.304. The number of furan rings is 1. The smallest absolute Gasteiger partial charge is 0.265 e. The predicted octanol–water partition coefficient (Wildman–Crippen LogP) is 0.928. The molecular formula is C18H16BrN7O4. The molecule has 12 heteroatoms. The van der Waals surface area contributed by atoms with E-state index < -0.39 is 17.6 Å². The van der Waals surface area contributed by atoms with Crippen LogP contribution in [-0.2, 0) is 13.1 Å². The Kier molecular flexibility index (Phi) is 5.18. The lowest BCUT2D eigenvalue weighted by atomic mass is 10.1. The minimum Gasteiger partial charge on any atom is -0.442 e. The van der Waals surface area contributed by atoms with Crippen molar-refractivity contribution in [2.45, 2.75) is 26.1 Å². The number of carbonyl (C=O) groups is 1. The quantitative estimate of drug-likeness (QED) is 0.418. The second kappa shape index (κ2) is 7.80. The second-order valence-electron chi connectivity index (χ2n) is 6.58. The van der Waals surface area contributed by atoms with Crippen molar-refractivity contribution in [3.63, 3.8) is 0 Å². The zero-order valence-electron chi connectivity index (χ0n) is 15.7. The summed E-state index contributed by atoms with van der Waals surface area (Å²) in [7, 11) is 0. The van der Waals surface area contributed by atoms with Gasteiger partial charge >= 0.3 is 0 Å². The first-order valence-electron chi connectivity index (χ1n) is 8.82. The van der Waals surface area contributed by atoms with Crippen LogP contribution in [0.4, 0.5) is 0 Å². The molecule has 0 saturated carbocycles. The van der Waals surface area contributed by atoms with Gasteiger partial charge in [0.25, 0.3) is 11.5 Å². The summed E-state index contributed by atoms with van der Waals surface area (Å²) in [6.07, 6.45) is 0.448. The van der Waals surface area contributed by atoms with Gasteiger partial charge in [-0.15, -0.1) is 10.2 Å². The number of halogens is 1. The minimum atomic E-state index is -0.826. The lowest BCUT2D eigenvalue weighted by Crippen LogP contribution is -2.24. The largest absolute Gasteiger partial charge is 0.442 e. The maximum atomic E-state index is 12.8. The molecule has 0 saturated heterocycles. The molecule has 30 heavy (non-hydrogen) atoms. The summed E-state index contributed by atoms with van der Waals surface area (Å²) in [5.41, 5.74) is 5.61. The number of aliphatic hydroxyl groups excluding tert-OH is 1. The van der Waals surface area contributed by atoms with Crippen molar-refractivity contribution in [2.24, 2.45) is 5.73 Å². The van der Waals surface area contributed by atoms with Crippen LogP contribution in [0.2, 0.25) is 0 Å². The van der Waals surface area contributed by atoms with E-state index in [2.05, 4.69) is 36.3 Å². The number of carbonyl (C=O) groups excluding carboxylic acids is 1. The Morgan fingerprint density at radius 3 is 2.77 bits per heavy atom. The summed E-state index contributed by atoms with van der Waals surface area (Å²) in [6.45, 7) is 1.60. The number of nitrogens with two attached hydrogens (primary N) is 1. The number of primary amides is 1. The highest BCUT2D eigenvalue weighted by molar-refractivity contribution is 9.10. The van der Waals surface area contributed by atoms with Crippen molar-refractivity contribution in [3.8, 4) is 0 Å². The molecule has 1 amide bonds. The number of amides is 1. The van der Waals surface area contributed by atoms with Gasteiger partial charge in [-0.3, -0.25) is 14.2 Å². The van der Waals surface area contributed by atoms with Crippen LogP contribution in [0.5, 0.6) is 0 Å². The molecule has 154 valence electrons. The molecule has 3 heterocycles. The van der Waals surface area contributed by atoms with Crippen molar-refractivity contribution in [3.05, 3.63) is 68.1 Å². The van der Waals surface area contributed by atoms with E-state index >= 15 is 0 Å². The molecule has 0 bridgehead atoms. The predicted molar refractivity (Wildman–Crippen MR) is 108 cm³/mol. The van der Waals surface area contributed by atoms with E-state index in [1.165, 1.54) is 22.6 Å². The molecule has 4 rings (SSSR count). The fourth-order valence-electron chi connectivity index (χ4n) is 3.06. The molecule has 0 fully saturated rings. The summed E-state index contributed by atoms with van der Waals surface area (Å²) in [4.78, 5) is 29.8. The van der Waals surface area contributed by atoms with Gasteiger partial charge in [-0.05, 0) is 29.8 Å². The fourth-order valence-corrected chi connectivity index (χ4v) is 3.33. The topological polar surface area (TPSA) is 155 Å². The number of nitrogens with zero attached hydrogens (tertiary/aromatic N) is 6. The van der Waals surface area contributed by atoms with Crippen molar-refractivity contribution in [1.82, 2.24) is 29.8 Å². The molecule has 0 aliphatic rings. The lowest BCUT2D eigenvalue weighted by Gasteiger charge is -2.09. The number of aromatic nitrogens is 6. The summed E-state index contributed by atoms with van der Waals surface area (Å²) in [6, 6.07) is 7.23. The summed E-state index contributed by atoms with van der Waals surface area (Å²) < 4.78 is 7.48. The highest BCUT2D eigenvalue weighted by Crippen LogP contribution is 2.20. The zero-order valence-corrected chi connectivity index (χ0v) is 17.3. The number of aliphatic hydroxyl groups is 1. The molecule has 3 aromatic heterocycles. The number of aryl methyl sites for hydroxylation is 1. The number of hydrogen-bond donors (Lipinski definition) is 2. The van der Waals surface area contributed by atoms with Gasteiger partial charge in [0.1, 0.15) is 23.6 Å². The molecule has 1 aromatic carbocycles. The SMILES string of the molecule is Cc1oc2ncn(Cc3nnn(C[C@H](O)c4ccc(Br)cc4)n3)c(=O)c2c1C(N)=O. The highest BCUT2D eigenvalue weighted by atomic mass is 79.9. The van der Waals surface area contributed by atoms with E-state index in [1.54, 1.807) is 12.1 Å². The first-order valence-corrected chi connectivity index (χ1v) is 9.61. The maximum absolute atomic E-state index is 12.8. The van der Waals surface area contributed by atoms with Crippen LogP contribution < -0.4 is 11.3 Å². The molecule has 11 nitrogen and oxygen atoms in total. The summed E-state index contributed by atoms with van der Waals surface area (Å²) >= 11 is 3.34. The van der Waals surface area contributed by atoms with Gasteiger partial charge in [0.2, 0.25) is 5.71 Å². The molecule has 0 unspecified atom stereocenters. The molecular weight excluding hydrogens is 458 g/mol. The highest BCUT2D eigenvalue weighted by Gasteiger charge is 2.21. The second-order valence-corrected chi connectivity index (χ2v) is 7.50. The van der Waals surface area contributed by atoms with Crippen molar-refractivity contribution < 1.29 is 14.3 Å². The summed E-state index contributed by atoms with van der Waals surface area (Å²) in [5, 5.41) is 22.4. The Morgan fingerprint density at radius 1 is 1.33 bits per heavy atom. The number of tetrazole rings is 1. The number of rotatable bonds is 6. The first kappa shape index (κ1) is 19.9. The van der Waals surface area contributed by atoms with Crippen LogP contribution in [0.3, 0.4) is 0 Å². The van der Waals surface area contributed by atoms with Gasteiger partial charge in [-0.25, -0.2) is 4.98 Å². The Hall–Kier alpha value is -3.38. The minimum absolute atomic E-state index is 0.00563. The molecule has 4 aromatic rings. The average Bonchev–Trinajstić information content (AvgIpc) is 3.28. The Balaban J connectivity index is 1.56. The monoisotopic (exact) mass is 473 g/mol. The molecule has 0 radical (unpaired) electrons. The Labute approximate surface area is 177 Å². The molecule has 0 aliphatic carbocycles. The molecule has 3 N–H and O–H groups in total. The third-order valence-corrected chi connectivity index (χ3v) is 5.03. The van der Waals surface area contributed by atoms with Crippen molar-refractivity contribution >= 4 is 32.9 Å². The third-order valence-electron chi connectivity index (χ3n) is 4.50. The van der Waals surface area contributed by atoms with E-state index in [0.29, 0.717) is 5.56 Å². The van der Waals surface area contributed by atoms with Crippen LogP contribution in [-0.4, -0.2) is 40.8 Å². The van der Waals surface area contributed by atoms with Crippen molar-refractivity contribution in [1.29, 1.82) is 0 Å². The normalized spacial score (nSPS) is 12.4. The van der Waals surface area contributed by atoms with Gasteiger partial charge in [0.05, 0.1) is 18.7 Å². The molecule has 0 aliphatic heterocycles. The fraction of sp³-hybridized carbons (Fsp3) is 0.222. The van der Waals surface area contributed by atoms with E-state index in [4.69, 9.17) is 10.2 Å². The van der Waals surface area contributed by atoms with Gasteiger partial charge in [0.15, 0.2) is 5.82 Å². The average molecular weight is 474 g/mol. The van der Waals surface area contributed by atoms with E-state index in [0.717, 1.165) is 4.47 Å². The van der Waals surface area contributed by atoms with Gasteiger partial charge in [-0.1, -0.05) is 28.1 Å². The van der Waals surface area contributed by atoms with E-state index in [1.807, 2.05) is 12.1 Å². The Morgan fingerprint density at radius 2 is 2.07 bits per heavy atom. The van der Waals surface area contributed by atoms with Crippen LogP contribution in [0.25, 0.3) is 11.1 Å². The molecule has 0 spiro atoms. The third kappa shape index (κ3) is 3.74. The Bertz CT molecular complexity index is 1290. The standard InChI is InChI=1S/C18H16BrN7O4/c1-9-14(16(20)28)15-17(30-9)21-8-25(18(15)29)7-13-22-24-26(23-13)6-12(27)10-2-4-11(19)5-3-10/h2-5,8,12,27H,6-7H2,1H3,(H2,20,28)/t12-/m0/s1. The lowest BCUT2D eigenvalue weighted by molar-refractivity contribution is 0.1000. The van der Waals surface area contributed by atoms with Gasteiger partial charge < -0.3 is 15.3 Å². The molecule has 1 atom stereocenters. The van der Waals surface area contributed by atoms with E-state index in [-0.39, 0.29) is 41.3 Å². The first-order chi connectivity index (χ1) is 14.3. The van der Waals surface area contributed by atoms with E-state index in [9.17, 15) is 14.7 Å². The number of benzene rings is 1. The van der Waals surface area contributed by atoms with Crippen LogP contribution in [0.1, 0.15) is 33.6 Å². The maximum Gasteiger partial charge on any atom is 0.265 e. The van der Waals surface area contributed by atoms with Crippen molar-refractivity contribution in [2.75, 3.05) is 0 Å². The van der Waals surface area contributed by atoms with Crippen LogP contribution >= 0.6 is 15.9 Å². The number of fused-ring (bicyclic) bond motifs is 1.